The van der Waals surface area contributed by atoms with E-state index in [2.05, 4.69) is 10.3 Å². The van der Waals surface area contributed by atoms with Gasteiger partial charge in [0, 0.05) is 17.8 Å². The Morgan fingerprint density at radius 1 is 1.23 bits per heavy atom. The van der Waals surface area contributed by atoms with Crippen molar-refractivity contribution < 1.29 is 9.18 Å². The maximum Gasteiger partial charge on any atom is 0.248 e. The number of pyridine rings is 1. The Labute approximate surface area is 128 Å². The fourth-order valence-electron chi connectivity index (χ4n) is 3.02. The number of halogens is 1. The van der Waals surface area contributed by atoms with Crippen LogP contribution in [0.2, 0.25) is 0 Å². The minimum absolute atomic E-state index is 0.205. The number of hydrogen-bond donors (Lipinski definition) is 2. The Morgan fingerprint density at radius 2 is 2.00 bits per heavy atom. The molecule has 1 aliphatic carbocycles. The van der Waals surface area contributed by atoms with E-state index in [0.29, 0.717) is 23.3 Å². The third-order valence-electron chi connectivity index (χ3n) is 4.17. The molecule has 2 aromatic rings. The minimum atomic E-state index is -0.457. The molecule has 3 rings (SSSR count). The van der Waals surface area contributed by atoms with E-state index in [0.717, 1.165) is 19.3 Å². The third-order valence-corrected chi connectivity index (χ3v) is 4.17. The Hall–Kier alpha value is -2.43. The fraction of sp³-hybridized carbons (Fsp3) is 0.294. The number of anilines is 1. The summed E-state index contributed by atoms with van der Waals surface area (Å²) < 4.78 is 13.0. The highest BCUT2D eigenvalue weighted by molar-refractivity contribution is 5.93. The normalized spacial score (nSPS) is 20.8. The molecule has 0 saturated heterocycles. The molecule has 22 heavy (non-hydrogen) atoms. The summed E-state index contributed by atoms with van der Waals surface area (Å²) in [5.74, 6) is 0.434. The van der Waals surface area contributed by atoms with Crippen molar-refractivity contribution in [3.05, 3.63) is 59.5 Å². The van der Waals surface area contributed by atoms with E-state index < -0.39 is 5.91 Å². The Balaban J connectivity index is 1.64. The maximum absolute atomic E-state index is 13.0. The van der Waals surface area contributed by atoms with Crippen LogP contribution in [0.3, 0.4) is 0 Å². The lowest BCUT2D eigenvalue weighted by molar-refractivity contribution is 0.1000. The molecule has 4 nitrogen and oxygen atoms in total. The average molecular weight is 299 g/mol. The van der Waals surface area contributed by atoms with Crippen LogP contribution in [-0.4, -0.2) is 16.9 Å². The van der Waals surface area contributed by atoms with Gasteiger partial charge in [0.05, 0.1) is 0 Å². The van der Waals surface area contributed by atoms with Gasteiger partial charge in [-0.25, -0.2) is 9.37 Å². The molecule has 1 aromatic heterocycles. The molecule has 1 aliphatic rings. The second-order valence-electron chi connectivity index (χ2n) is 5.70. The topological polar surface area (TPSA) is 68.0 Å². The van der Waals surface area contributed by atoms with Gasteiger partial charge >= 0.3 is 0 Å². The largest absolute Gasteiger partial charge is 0.367 e. The maximum atomic E-state index is 13.0. The van der Waals surface area contributed by atoms with Gasteiger partial charge in [-0.1, -0.05) is 12.1 Å². The van der Waals surface area contributed by atoms with Crippen LogP contribution in [0.5, 0.6) is 0 Å². The van der Waals surface area contributed by atoms with E-state index in [1.807, 2.05) is 12.1 Å². The molecular formula is C17H18FN3O. The zero-order valence-electron chi connectivity index (χ0n) is 12.1. The summed E-state index contributed by atoms with van der Waals surface area (Å²) in [5.41, 5.74) is 6.90. The first-order chi connectivity index (χ1) is 10.6. The lowest BCUT2D eigenvalue weighted by Gasteiger charge is -2.14. The van der Waals surface area contributed by atoms with E-state index in [-0.39, 0.29) is 5.82 Å². The minimum Gasteiger partial charge on any atom is -0.367 e. The van der Waals surface area contributed by atoms with Gasteiger partial charge in [-0.15, -0.1) is 0 Å². The third kappa shape index (κ3) is 3.24. The highest BCUT2D eigenvalue weighted by atomic mass is 19.1. The molecule has 114 valence electrons. The molecular weight excluding hydrogens is 281 g/mol. The molecule has 1 fully saturated rings. The molecule has 3 N–H and O–H groups in total. The van der Waals surface area contributed by atoms with Crippen molar-refractivity contribution in [2.45, 2.75) is 31.2 Å². The first-order valence-electron chi connectivity index (χ1n) is 7.39. The van der Waals surface area contributed by atoms with Gasteiger partial charge < -0.3 is 11.1 Å². The van der Waals surface area contributed by atoms with E-state index >= 15 is 0 Å². The lowest BCUT2D eigenvalue weighted by atomic mass is 9.97. The quantitative estimate of drug-likeness (QED) is 0.911. The first kappa shape index (κ1) is 14.5. The summed E-state index contributed by atoms with van der Waals surface area (Å²) in [6.45, 7) is 0. The van der Waals surface area contributed by atoms with Gasteiger partial charge in [0.15, 0.2) is 0 Å². The summed E-state index contributed by atoms with van der Waals surface area (Å²) in [6, 6.07) is 10.3. The van der Waals surface area contributed by atoms with Crippen molar-refractivity contribution in [2.75, 3.05) is 5.32 Å². The van der Waals surface area contributed by atoms with E-state index in [1.54, 1.807) is 18.3 Å². The number of primary amides is 1. The van der Waals surface area contributed by atoms with Crippen molar-refractivity contribution >= 4 is 11.7 Å². The molecule has 0 bridgehead atoms. The number of benzene rings is 1. The number of nitrogens with one attached hydrogen (secondary N) is 1. The van der Waals surface area contributed by atoms with Crippen LogP contribution >= 0.6 is 0 Å². The van der Waals surface area contributed by atoms with Gasteiger partial charge in [0.2, 0.25) is 5.91 Å². The van der Waals surface area contributed by atoms with Crippen LogP contribution in [-0.2, 0) is 0 Å². The number of nitrogens with zero attached hydrogens (tertiary/aromatic N) is 1. The molecule has 1 aromatic carbocycles. The summed E-state index contributed by atoms with van der Waals surface area (Å²) in [4.78, 5) is 15.4. The van der Waals surface area contributed by atoms with Crippen LogP contribution in [0.15, 0.2) is 42.6 Å². The summed E-state index contributed by atoms with van der Waals surface area (Å²) in [7, 11) is 0. The SMILES string of the molecule is NC(=O)c1ccnc(NC2CCC(c3ccc(F)cc3)C2)c1. The first-order valence-corrected chi connectivity index (χ1v) is 7.39. The van der Waals surface area contributed by atoms with Gasteiger partial charge in [0.1, 0.15) is 11.6 Å². The molecule has 2 atom stereocenters. The Kier molecular flexibility index (Phi) is 4.04. The van der Waals surface area contributed by atoms with Crippen LogP contribution in [0.4, 0.5) is 10.2 Å². The van der Waals surface area contributed by atoms with Gasteiger partial charge in [-0.05, 0) is 55.0 Å². The lowest BCUT2D eigenvalue weighted by Crippen LogP contribution is -2.17. The molecule has 1 heterocycles. The van der Waals surface area contributed by atoms with Crippen LogP contribution < -0.4 is 11.1 Å². The molecule has 2 unspecified atom stereocenters. The molecule has 1 amide bonds. The second kappa shape index (κ2) is 6.13. The van der Waals surface area contributed by atoms with Crippen molar-refractivity contribution in [1.29, 1.82) is 0 Å². The monoisotopic (exact) mass is 299 g/mol. The Morgan fingerprint density at radius 3 is 2.73 bits per heavy atom. The summed E-state index contributed by atoms with van der Waals surface area (Å²) >= 11 is 0. The summed E-state index contributed by atoms with van der Waals surface area (Å²) in [6.07, 6.45) is 4.62. The standard InChI is InChI=1S/C17H18FN3O/c18-14-4-1-11(2-5-14)12-3-6-15(9-12)21-16-10-13(17(19)22)7-8-20-16/h1-2,4-5,7-8,10,12,15H,3,6,9H2,(H2,19,22)(H,20,21). The molecule has 0 spiro atoms. The number of rotatable bonds is 4. The molecule has 0 radical (unpaired) electrons. The van der Waals surface area contributed by atoms with Crippen LogP contribution in [0, 0.1) is 5.82 Å². The van der Waals surface area contributed by atoms with Crippen molar-refractivity contribution in [3.8, 4) is 0 Å². The molecule has 1 saturated carbocycles. The zero-order chi connectivity index (χ0) is 15.5. The number of carbonyl (C=O) groups excluding carboxylic acids is 1. The number of aromatic nitrogens is 1. The van der Waals surface area contributed by atoms with Crippen molar-refractivity contribution in [1.82, 2.24) is 4.98 Å². The fourth-order valence-corrected chi connectivity index (χ4v) is 3.02. The number of amides is 1. The summed E-state index contributed by atoms with van der Waals surface area (Å²) in [5, 5.41) is 3.35. The number of carbonyl (C=O) groups is 1. The van der Waals surface area contributed by atoms with Gasteiger partial charge in [0.25, 0.3) is 0 Å². The van der Waals surface area contributed by atoms with Crippen LogP contribution in [0.25, 0.3) is 0 Å². The highest BCUT2D eigenvalue weighted by Crippen LogP contribution is 2.35. The van der Waals surface area contributed by atoms with E-state index in [4.69, 9.17) is 5.73 Å². The molecule has 0 aliphatic heterocycles. The van der Waals surface area contributed by atoms with E-state index in [1.165, 1.54) is 17.7 Å². The number of hydrogen-bond acceptors (Lipinski definition) is 3. The molecule has 5 heteroatoms. The number of nitrogens with two attached hydrogens (primary N) is 1. The van der Waals surface area contributed by atoms with Gasteiger partial charge in [-0.2, -0.15) is 0 Å². The second-order valence-corrected chi connectivity index (χ2v) is 5.70. The van der Waals surface area contributed by atoms with Crippen molar-refractivity contribution in [2.24, 2.45) is 5.73 Å². The predicted molar refractivity (Wildman–Crippen MR) is 83.2 cm³/mol. The average Bonchev–Trinajstić information content (AvgIpc) is 2.96. The zero-order valence-corrected chi connectivity index (χ0v) is 12.1. The predicted octanol–water partition coefficient (Wildman–Crippen LogP) is 3.07. The highest BCUT2D eigenvalue weighted by Gasteiger charge is 2.26. The van der Waals surface area contributed by atoms with E-state index in [9.17, 15) is 9.18 Å². The van der Waals surface area contributed by atoms with Gasteiger partial charge in [-0.3, -0.25) is 4.79 Å². The van der Waals surface area contributed by atoms with Crippen LogP contribution in [0.1, 0.15) is 41.1 Å². The smallest absolute Gasteiger partial charge is 0.248 e. The van der Waals surface area contributed by atoms with Crippen molar-refractivity contribution in [3.63, 3.8) is 0 Å². The Bertz CT molecular complexity index is 672.